The van der Waals surface area contributed by atoms with Crippen LogP contribution < -0.4 is 15.5 Å². The molecule has 7 heteroatoms. The van der Waals surface area contributed by atoms with Gasteiger partial charge in [-0.2, -0.15) is 0 Å². The molecule has 1 atom stereocenters. The number of carboxylic acids is 1. The van der Waals surface area contributed by atoms with Crippen LogP contribution in [0.2, 0.25) is 0 Å². The Balaban J connectivity index is 2.02. The zero-order valence-electron chi connectivity index (χ0n) is 11.6. The maximum atomic E-state index is 12.1. The van der Waals surface area contributed by atoms with Crippen LogP contribution in [-0.4, -0.2) is 42.6 Å². The predicted molar refractivity (Wildman–Crippen MR) is 76.2 cm³/mol. The van der Waals surface area contributed by atoms with Gasteiger partial charge in [-0.25, -0.2) is 4.79 Å². The largest absolute Gasteiger partial charge is 0.481 e. The lowest BCUT2D eigenvalue weighted by atomic mass is 10.0. The van der Waals surface area contributed by atoms with Gasteiger partial charge in [0.25, 0.3) is 0 Å². The van der Waals surface area contributed by atoms with E-state index >= 15 is 0 Å². The van der Waals surface area contributed by atoms with Crippen LogP contribution in [-0.2, 0) is 9.59 Å². The highest BCUT2D eigenvalue weighted by molar-refractivity contribution is 5.98. The van der Waals surface area contributed by atoms with Crippen LogP contribution in [0.5, 0.6) is 0 Å². The number of amides is 3. The maximum Gasteiger partial charge on any atom is 0.321 e. The second kappa shape index (κ2) is 6.25. The number of benzene rings is 1. The van der Waals surface area contributed by atoms with Crippen molar-refractivity contribution in [3.63, 3.8) is 0 Å². The molecular weight excluding hydrogens is 274 g/mol. The summed E-state index contributed by atoms with van der Waals surface area (Å²) < 4.78 is 0. The van der Waals surface area contributed by atoms with Gasteiger partial charge < -0.3 is 15.7 Å². The highest BCUT2D eigenvalue weighted by Gasteiger charge is 2.36. The lowest BCUT2D eigenvalue weighted by molar-refractivity contribution is -0.138. The lowest BCUT2D eigenvalue weighted by Crippen LogP contribution is -2.42. The van der Waals surface area contributed by atoms with Gasteiger partial charge in [-0.05, 0) is 11.6 Å². The fourth-order valence-corrected chi connectivity index (χ4v) is 2.31. The molecule has 7 nitrogen and oxygen atoms in total. The fourth-order valence-electron chi connectivity index (χ4n) is 2.31. The Hall–Kier alpha value is -2.57. The van der Waals surface area contributed by atoms with Crippen molar-refractivity contribution in [3.05, 3.63) is 29.8 Å². The van der Waals surface area contributed by atoms with Crippen molar-refractivity contribution in [2.24, 2.45) is 0 Å². The van der Waals surface area contributed by atoms with Crippen molar-refractivity contribution < 1.29 is 19.5 Å². The van der Waals surface area contributed by atoms with Crippen molar-refractivity contribution in [3.8, 4) is 0 Å². The summed E-state index contributed by atoms with van der Waals surface area (Å²) in [5.74, 6) is -1.82. The molecule has 0 aromatic heterocycles. The first-order chi connectivity index (χ1) is 10.0. The molecule has 2 rings (SSSR count). The van der Waals surface area contributed by atoms with Gasteiger partial charge in [0.1, 0.15) is 5.92 Å². The Morgan fingerprint density at radius 1 is 1.24 bits per heavy atom. The first-order valence-corrected chi connectivity index (χ1v) is 6.62. The minimum Gasteiger partial charge on any atom is -0.481 e. The molecule has 1 heterocycles. The minimum absolute atomic E-state index is 0.112. The van der Waals surface area contributed by atoms with Crippen LogP contribution in [0.3, 0.4) is 0 Å². The van der Waals surface area contributed by atoms with Gasteiger partial charge >= 0.3 is 12.0 Å². The average molecular weight is 291 g/mol. The van der Waals surface area contributed by atoms with Gasteiger partial charge in [0.15, 0.2) is 0 Å². The van der Waals surface area contributed by atoms with Crippen LogP contribution in [0.1, 0.15) is 18.4 Å². The molecular formula is C14H17N3O4. The van der Waals surface area contributed by atoms with Gasteiger partial charge in [0.05, 0.1) is 0 Å². The number of carbonyl (C=O) groups excluding carboxylic acids is 2. The van der Waals surface area contributed by atoms with Gasteiger partial charge in [0, 0.05) is 32.2 Å². The monoisotopic (exact) mass is 291 g/mol. The summed E-state index contributed by atoms with van der Waals surface area (Å²) in [5.41, 5.74) is 1.25. The number of urea groups is 1. The molecule has 0 fully saturated rings. The summed E-state index contributed by atoms with van der Waals surface area (Å²) >= 11 is 0. The predicted octanol–water partition coefficient (Wildman–Crippen LogP) is 0.521. The van der Waals surface area contributed by atoms with E-state index in [1.54, 1.807) is 24.3 Å². The summed E-state index contributed by atoms with van der Waals surface area (Å²) in [7, 11) is 0. The molecule has 1 aromatic rings. The summed E-state index contributed by atoms with van der Waals surface area (Å²) in [6.45, 7) is 2.13. The Bertz CT molecular complexity index is 573. The van der Waals surface area contributed by atoms with Crippen molar-refractivity contribution in [1.82, 2.24) is 10.6 Å². The zero-order valence-corrected chi connectivity index (χ0v) is 11.6. The molecule has 0 saturated heterocycles. The molecule has 3 amide bonds. The third kappa shape index (κ3) is 3.31. The molecule has 0 radical (unpaired) electrons. The van der Waals surface area contributed by atoms with Gasteiger partial charge in [-0.3, -0.25) is 14.5 Å². The van der Waals surface area contributed by atoms with Crippen LogP contribution in [0, 0.1) is 0 Å². The number of rotatable bonds is 4. The van der Waals surface area contributed by atoms with E-state index in [4.69, 9.17) is 0 Å². The number of fused-ring (bicyclic) bond motifs is 1. The normalized spacial score (nSPS) is 16.2. The van der Waals surface area contributed by atoms with Crippen molar-refractivity contribution in [2.75, 3.05) is 24.5 Å². The molecule has 1 aliphatic heterocycles. The SMILES string of the molecule is CC(=O)NCCNC(=O)N1CC(C(=O)O)c2ccccc21. The number of nitrogens with one attached hydrogen (secondary N) is 2. The van der Waals surface area contributed by atoms with E-state index < -0.39 is 11.9 Å². The van der Waals surface area contributed by atoms with E-state index in [1.165, 1.54) is 11.8 Å². The standard InChI is InChI=1S/C14H17N3O4/c1-9(18)15-6-7-16-14(21)17-8-11(13(19)20)10-4-2-3-5-12(10)17/h2-5,11H,6-8H2,1H3,(H,15,18)(H,16,21)(H,19,20). The molecule has 1 aromatic carbocycles. The lowest BCUT2D eigenvalue weighted by Gasteiger charge is -2.18. The Labute approximate surface area is 121 Å². The molecule has 3 N–H and O–H groups in total. The number of carboxylic acid groups (broad SMARTS) is 1. The van der Waals surface area contributed by atoms with Crippen molar-refractivity contribution in [2.45, 2.75) is 12.8 Å². The Morgan fingerprint density at radius 2 is 1.90 bits per heavy atom. The molecule has 0 saturated carbocycles. The van der Waals surface area contributed by atoms with Gasteiger partial charge in [0.2, 0.25) is 5.91 Å². The second-order valence-corrected chi connectivity index (χ2v) is 4.78. The summed E-state index contributed by atoms with van der Waals surface area (Å²) in [5, 5.41) is 14.5. The molecule has 1 aliphatic rings. The number of anilines is 1. The number of aliphatic carboxylic acids is 1. The third-order valence-electron chi connectivity index (χ3n) is 3.29. The Morgan fingerprint density at radius 3 is 2.57 bits per heavy atom. The van der Waals surface area contributed by atoms with Crippen molar-refractivity contribution in [1.29, 1.82) is 0 Å². The van der Waals surface area contributed by atoms with Crippen LogP contribution >= 0.6 is 0 Å². The molecule has 112 valence electrons. The zero-order chi connectivity index (χ0) is 15.4. The quantitative estimate of drug-likeness (QED) is 0.704. The van der Waals surface area contributed by atoms with E-state index in [2.05, 4.69) is 10.6 Å². The number of carbonyl (C=O) groups is 3. The summed E-state index contributed by atoms with van der Waals surface area (Å²) in [4.78, 5) is 35.5. The molecule has 0 aliphatic carbocycles. The summed E-state index contributed by atoms with van der Waals surface area (Å²) in [6, 6.07) is 6.61. The van der Waals surface area contributed by atoms with Crippen molar-refractivity contribution >= 4 is 23.6 Å². The topological polar surface area (TPSA) is 98.7 Å². The van der Waals surface area contributed by atoms with Gasteiger partial charge in [-0.1, -0.05) is 18.2 Å². The van der Waals surface area contributed by atoms with Gasteiger partial charge in [-0.15, -0.1) is 0 Å². The maximum absolute atomic E-state index is 12.1. The molecule has 0 spiro atoms. The molecule has 21 heavy (non-hydrogen) atoms. The van der Waals surface area contributed by atoms with E-state index in [-0.39, 0.29) is 25.0 Å². The smallest absolute Gasteiger partial charge is 0.321 e. The Kier molecular flexibility index (Phi) is 4.42. The number of hydrogen-bond acceptors (Lipinski definition) is 3. The van der Waals surface area contributed by atoms with Crippen LogP contribution in [0.4, 0.5) is 10.5 Å². The first-order valence-electron chi connectivity index (χ1n) is 6.62. The van der Waals surface area contributed by atoms with E-state index in [0.29, 0.717) is 17.8 Å². The minimum atomic E-state index is -0.948. The number of hydrogen-bond donors (Lipinski definition) is 3. The highest BCUT2D eigenvalue weighted by Crippen LogP contribution is 2.36. The second-order valence-electron chi connectivity index (χ2n) is 4.78. The van der Waals surface area contributed by atoms with E-state index in [1.807, 2.05) is 0 Å². The van der Waals surface area contributed by atoms with Crippen LogP contribution in [0.15, 0.2) is 24.3 Å². The molecule has 0 bridgehead atoms. The third-order valence-corrected chi connectivity index (χ3v) is 3.29. The van der Waals surface area contributed by atoms with E-state index in [0.717, 1.165) is 0 Å². The summed E-state index contributed by atoms with van der Waals surface area (Å²) in [6.07, 6.45) is 0. The number of nitrogens with zero attached hydrogens (tertiary/aromatic N) is 1. The highest BCUT2D eigenvalue weighted by atomic mass is 16.4. The van der Waals surface area contributed by atoms with E-state index in [9.17, 15) is 19.5 Å². The van der Waals surface area contributed by atoms with Crippen LogP contribution in [0.25, 0.3) is 0 Å². The average Bonchev–Trinajstić information content (AvgIpc) is 2.83. The fraction of sp³-hybridized carbons (Fsp3) is 0.357. The number of para-hydroxylation sites is 1. The molecule has 1 unspecified atom stereocenters. The first kappa shape index (κ1) is 14.8.